The maximum absolute atomic E-state index is 11.3. The third-order valence-corrected chi connectivity index (χ3v) is 4.05. The maximum atomic E-state index is 11.3. The summed E-state index contributed by atoms with van der Waals surface area (Å²) in [4.78, 5) is 16.0. The van der Waals surface area contributed by atoms with Gasteiger partial charge in [0.1, 0.15) is 5.82 Å². The van der Waals surface area contributed by atoms with Crippen LogP contribution in [0.1, 0.15) is 32.5 Å². The van der Waals surface area contributed by atoms with Crippen molar-refractivity contribution in [2.75, 3.05) is 0 Å². The zero-order valence-electron chi connectivity index (χ0n) is 13.1. The molecule has 0 fully saturated rings. The Morgan fingerprint density at radius 2 is 2.18 bits per heavy atom. The number of nitrogens with one attached hydrogen (secondary N) is 1. The summed E-state index contributed by atoms with van der Waals surface area (Å²) >= 11 is 0. The minimum atomic E-state index is -0.734. The monoisotopic (exact) mass is 304 g/mol. The van der Waals surface area contributed by atoms with Crippen LogP contribution in [0.25, 0.3) is 11.0 Å². The number of aryl methyl sites for hydroxylation is 1. The van der Waals surface area contributed by atoms with Crippen molar-refractivity contribution < 1.29 is 10.0 Å². The molecule has 0 bridgehead atoms. The molecule has 1 amide bonds. The van der Waals surface area contributed by atoms with Gasteiger partial charge in [-0.25, -0.2) is 10.5 Å². The van der Waals surface area contributed by atoms with Crippen LogP contribution in [0.3, 0.4) is 0 Å². The van der Waals surface area contributed by atoms with E-state index in [1.807, 2.05) is 18.2 Å². The topological polar surface area (TPSA) is 93.2 Å². The minimum Gasteiger partial charge on any atom is -0.328 e. The fourth-order valence-corrected chi connectivity index (χ4v) is 2.46. The molecule has 4 N–H and O–H groups in total. The average molecular weight is 304 g/mol. The Kier molecular flexibility index (Phi) is 5.51. The minimum absolute atomic E-state index is 0.441. The van der Waals surface area contributed by atoms with Gasteiger partial charge in [-0.05, 0) is 24.5 Å². The van der Waals surface area contributed by atoms with Crippen LogP contribution in [0.5, 0.6) is 0 Å². The average Bonchev–Trinajstić information content (AvgIpc) is 2.89. The Morgan fingerprint density at radius 3 is 2.86 bits per heavy atom. The number of hydrogen-bond donors (Lipinski definition) is 3. The molecule has 0 aliphatic carbocycles. The van der Waals surface area contributed by atoms with Crippen molar-refractivity contribution in [2.45, 2.75) is 45.7 Å². The van der Waals surface area contributed by atoms with E-state index in [1.54, 1.807) is 5.48 Å². The molecule has 6 heteroatoms. The number of nitrogens with two attached hydrogens (primary N) is 1. The highest BCUT2D eigenvalue weighted by molar-refractivity contribution is 5.80. The summed E-state index contributed by atoms with van der Waals surface area (Å²) in [6, 6.07) is 7.30. The summed E-state index contributed by atoms with van der Waals surface area (Å²) in [6.45, 7) is 5.28. The third-order valence-electron chi connectivity index (χ3n) is 4.05. The van der Waals surface area contributed by atoms with E-state index < -0.39 is 11.9 Å². The SMILES string of the molecule is CCC(C)Cn1c(CCC(N)C(=O)NO)nc2ccccc21. The lowest BCUT2D eigenvalue weighted by Gasteiger charge is -2.15. The predicted octanol–water partition coefficient (Wildman–Crippen LogP) is 1.85. The highest BCUT2D eigenvalue weighted by Gasteiger charge is 2.16. The number of hydrogen-bond acceptors (Lipinski definition) is 4. The lowest BCUT2D eigenvalue weighted by Crippen LogP contribution is -2.39. The van der Waals surface area contributed by atoms with E-state index in [0.717, 1.165) is 29.8 Å². The summed E-state index contributed by atoms with van der Waals surface area (Å²) in [7, 11) is 0. The third kappa shape index (κ3) is 3.64. The standard InChI is InChI=1S/C16H24N4O2/c1-3-11(2)10-20-14-7-5-4-6-13(14)18-15(20)9-8-12(17)16(21)19-22/h4-7,11-12,22H,3,8-10,17H2,1-2H3,(H,19,21). The van der Waals surface area contributed by atoms with Gasteiger partial charge >= 0.3 is 0 Å². The number of carbonyl (C=O) groups is 1. The van der Waals surface area contributed by atoms with Crippen LogP contribution in [0.15, 0.2) is 24.3 Å². The van der Waals surface area contributed by atoms with Gasteiger partial charge in [-0.1, -0.05) is 32.4 Å². The maximum Gasteiger partial charge on any atom is 0.260 e. The Balaban J connectivity index is 2.24. The molecule has 1 aromatic carbocycles. The predicted molar refractivity (Wildman–Crippen MR) is 85.4 cm³/mol. The Bertz CT molecular complexity index is 638. The Hall–Kier alpha value is -1.92. The van der Waals surface area contributed by atoms with Crippen molar-refractivity contribution >= 4 is 16.9 Å². The number of fused-ring (bicyclic) bond motifs is 1. The van der Waals surface area contributed by atoms with E-state index in [2.05, 4.69) is 29.5 Å². The first-order valence-corrected chi connectivity index (χ1v) is 7.70. The molecule has 2 unspecified atom stereocenters. The first-order valence-electron chi connectivity index (χ1n) is 7.70. The molecule has 0 aliphatic heterocycles. The molecule has 6 nitrogen and oxygen atoms in total. The number of amides is 1. The van der Waals surface area contributed by atoms with Crippen LogP contribution >= 0.6 is 0 Å². The zero-order valence-corrected chi connectivity index (χ0v) is 13.1. The smallest absolute Gasteiger partial charge is 0.260 e. The van der Waals surface area contributed by atoms with Crippen LogP contribution in [0.2, 0.25) is 0 Å². The molecule has 0 saturated carbocycles. The van der Waals surface area contributed by atoms with Gasteiger partial charge < -0.3 is 10.3 Å². The van der Waals surface area contributed by atoms with Crippen LogP contribution in [-0.4, -0.2) is 26.7 Å². The Labute approximate surface area is 130 Å². The van der Waals surface area contributed by atoms with Crippen molar-refractivity contribution in [3.05, 3.63) is 30.1 Å². The molecule has 120 valence electrons. The number of hydroxylamine groups is 1. The van der Waals surface area contributed by atoms with Gasteiger partial charge in [0.05, 0.1) is 17.1 Å². The van der Waals surface area contributed by atoms with Crippen molar-refractivity contribution in [1.29, 1.82) is 0 Å². The summed E-state index contributed by atoms with van der Waals surface area (Å²) in [5.41, 5.74) is 9.40. The molecule has 1 aromatic heterocycles. The van der Waals surface area contributed by atoms with E-state index in [1.165, 1.54) is 0 Å². The lowest BCUT2D eigenvalue weighted by molar-refractivity contribution is -0.130. The van der Waals surface area contributed by atoms with Crippen molar-refractivity contribution in [2.24, 2.45) is 11.7 Å². The second kappa shape index (κ2) is 7.38. The van der Waals surface area contributed by atoms with Gasteiger partial charge in [-0.15, -0.1) is 0 Å². The molecule has 0 spiro atoms. The number of aromatic nitrogens is 2. The number of para-hydroxylation sites is 2. The van der Waals surface area contributed by atoms with Crippen molar-refractivity contribution in [3.8, 4) is 0 Å². The molecular weight excluding hydrogens is 280 g/mol. The normalized spacial score (nSPS) is 14.0. The Morgan fingerprint density at radius 1 is 1.45 bits per heavy atom. The number of carbonyl (C=O) groups excluding carboxylic acids is 1. The number of benzene rings is 1. The lowest BCUT2D eigenvalue weighted by atomic mass is 10.1. The molecule has 2 aromatic rings. The molecule has 22 heavy (non-hydrogen) atoms. The van der Waals surface area contributed by atoms with Crippen LogP contribution < -0.4 is 11.2 Å². The molecule has 0 radical (unpaired) electrons. The highest BCUT2D eigenvalue weighted by Crippen LogP contribution is 2.20. The van der Waals surface area contributed by atoms with Crippen LogP contribution in [0.4, 0.5) is 0 Å². The fraction of sp³-hybridized carbons (Fsp3) is 0.500. The van der Waals surface area contributed by atoms with Gasteiger partial charge in [0.2, 0.25) is 0 Å². The van der Waals surface area contributed by atoms with E-state index in [0.29, 0.717) is 18.8 Å². The van der Waals surface area contributed by atoms with Crippen LogP contribution in [0, 0.1) is 5.92 Å². The van der Waals surface area contributed by atoms with E-state index >= 15 is 0 Å². The summed E-state index contributed by atoms with van der Waals surface area (Å²) < 4.78 is 2.22. The largest absolute Gasteiger partial charge is 0.328 e. The second-order valence-electron chi connectivity index (χ2n) is 5.76. The number of rotatable bonds is 7. The highest BCUT2D eigenvalue weighted by atomic mass is 16.5. The van der Waals surface area contributed by atoms with E-state index in [9.17, 15) is 4.79 Å². The van der Waals surface area contributed by atoms with Gasteiger partial charge in [0.15, 0.2) is 0 Å². The van der Waals surface area contributed by atoms with E-state index in [4.69, 9.17) is 10.9 Å². The van der Waals surface area contributed by atoms with Crippen LogP contribution in [-0.2, 0) is 17.8 Å². The van der Waals surface area contributed by atoms with Gasteiger partial charge in [0, 0.05) is 13.0 Å². The van der Waals surface area contributed by atoms with Gasteiger partial charge in [-0.3, -0.25) is 10.0 Å². The second-order valence-corrected chi connectivity index (χ2v) is 5.76. The first-order chi connectivity index (χ1) is 10.6. The summed E-state index contributed by atoms with van der Waals surface area (Å²) in [5, 5.41) is 8.62. The summed E-state index contributed by atoms with van der Waals surface area (Å²) in [6.07, 6.45) is 2.13. The quantitative estimate of drug-likeness (QED) is 0.537. The van der Waals surface area contributed by atoms with Crippen molar-refractivity contribution in [3.63, 3.8) is 0 Å². The molecule has 0 aliphatic rings. The van der Waals surface area contributed by atoms with E-state index in [-0.39, 0.29) is 0 Å². The molecule has 2 rings (SSSR count). The zero-order chi connectivity index (χ0) is 16.1. The van der Waals surface area contributed by atoms with Gasteiger partial charge in [0.25, 0.3) is 5.91 Å². The number of nitrogens with zero attached hydrogens (tertiary/aromatic N) is 2. The summed E-state index contributed by atoms with van der Waals surface area (Å²) in [5.74, 6) is 0.915. The number of imidazole rings is 1. The first kappa shape index (κ1) is 16.5. The van der Waals surface area contributed by atoms with Crippen molar-refractivity contribution in [1.82, 2.24) is 15.0 Å². The molecule has 1 heterocycles. The molecule has 0 saturated heterocycles. The fourth-order valence-electron chi connectivity index (χ4n) is 2.46. The molecular formula is C16H24N4O2. The molecule has 2 atom stereocenters. The van der Waals surface area contributed by atoms with Gasteiger partial charge in [-0.2, -0.15) is 0 Å².